The van der Waals surface area contributed by atoms with Gasteiger partial charge in [0, 0.05) is 23.3 Å². The smallest absolute Gasteiger partial charge is 0.244 e. The topological polar surface area (TPSA) is 54.5 Å². The Kier molecular flexibility index (Phi) is 2.03. The minimum absolute atomic E-state index is 0.288. The van der Waals surface area contributed by atoms with Crippen LogP contribution >= 0.6 is 10.7 Å². The number of nitrogens with zero attached hydrogens (tertiary/aromatic N) is 1. The molecule has 1 atom stereocenters. The Bertz CT molecular complexity index is 336. The highest BCUT2D eigenvalue weighted by molar-refractivity contribution is 8.14. The molecule has 2 fully saturated rings. The number of likely N-dealkylation sites (tertiary alicyclic amines) is 1. The van der Waals surface area contributed by atoms with Crippen molar-refractivity contribution in [2.24, 2.45) is 0 Å². The third-order valence-electron chi connectivity index (χ3n) is 2.52. The SMILES string of the molecule is O=C1C(S(=O)(=O)Cl)CCN1C1CC1. The van der Waals surface area contributed by atoms with Crippen molar-refractivity contribution in [2.75, 3.05) is 6.54 Å². The number of amides is 1. The van der Waals surface area contributed by atoms with Gasteiger partial charge in [0.15, 0.2) is 5.25 Å². The molecule has 1 unspecified atom stereocenters. The lowest BCUT2D eigenvalue weighted by atomic mass is 10.4. The molecule has 1 aliphatic carbocycles. The largest absolute Gasteiger partial charge is 0.338 e. The van der Waals surface area contributed by atoms with Crippen molar-refractivity contribution in [1.29, 1.82) is 0 Å². The van der Waals surface area contributed by atoms with E-state index >= 15 is 0 Å². The first-order valence-electron chi connectivity index (χ1n) is 4.24. The molecule has 1 heterocycles. The second-order valence-corrected chi connectivity index (χ2v) is 6.33. The average molecular weight is 224 g/mol. The zero-order chi connectivity index (χ0) is 9.64. The number of hydrogen-bond donors (Lipinski definition) is 0. The van der Waals surface area contributed by atoms with E-state index in [1.165, 1.54) is 0 Å². The van der Waals surface area contributed by atoms with Gasteiger partial charge in [0.25, 0.3) is 0 Å². The van der Waals surface area contributed by atoms with Crippen molar-refractivity contribution in [1.82, 2.24) is 4.90 Å². The molecule has 2 rings (SSSR count). The van der Waals surface area contributed by atoms with Crippen LogP contribution in [0, 0.1) is 0 Å². The van der Waals surface area contributed by atoms with E-state index in [2.05, 4.69) is 0 Å². The maximum atomic E-state index is 11.5. The van der Waals surface area contributed by atoms with E-state index in [4.69, 9.17) is 10.7 Å². The van der Waals surface area contributed by atoms with Gasteiger partial charge in [-0.05, 0) is 19.3 Å². The van der Waals surface area contributed by atoms with Crippen molar-refractivity contribution < 1.29 is 13.2 Å². The van der Waals surface area contributed by atoms with E-state index < -0.39 is 14.3 Å². The van der Waals surface area contributed by atoms with Crippen molar-refractivity contribution in [3.05, 3.63) is 0 Å². The Balaban J connectivity index is 2.15. The van der Waals surface area contributed by atoms with Gasteiger partial charge in [0.1, 0.15) is 0 Å². The van der Waals surface area contributed by atoms with Crippen LogP contribution in [-0.2, 0) is 13.8 Å². The maximum Gasteiger partial charge on any atom is 0.244 e. The summed E-state index contributed by atoms with van der Waals surface area (Å²) in [6.45, 7) is 0.542. The van der Waals surface area contributed by atoms with E-state index in [-0.39, 0.29) is 11.9 Å². The van der Waals surface area contributed by atoms with Crippen LogP contribution in [0.2, 0.25) is 0 Å². The molecule has 0 aromatic rings. The Labute approximate surface area is 81.3 Å². The summed E-state index contributed by atoms with van der Waals surface area (Å²) >= 11 is 0. The predicted molar refractivity (Wildman–Crippen MR) is 47.9 cm³/mol. The lowest BCUT2D eigenvalue weighted by Gasteiger charge is -2.14. The van der Waals surface area contributed by atoms with Crippen LogP contribution < -0.4 is 0 Å². The van der Waals surface area contributed by atoms with Gasteiger partial charge in [0.2, 0.25) is 15.0 Å². The highest BCUT2D eigenvalue weighted by Gasteiger charge is 2.45. The van der Waals surface area contributed by atoms with Crippen LogP contribution in [0.5, 0.6) is 0 Å². The first-order valence-corrected chi connectivity index (χ1v) is 6.61. The summed E-state index contributed by atoms with van der Waals surface area (Å²) < 4.78 is 21.9. The zero-order valence-corrected chi connectivity index (χ0v) is 8.51. The fourth-order valence-electron chi connectivity index (χ4n) is 1.68. The molecule has 1 saturated carbocycles. The van der Waals surface area contributed by atoms with Crippen LogP contribution in [-0.4, -0.2) is 37.1 Å². The highest BCUT2D eigenvalue weighted by atomic mass is 35.7. The molecule has 0 N–H and O–H groups in total. The molecular weight excluding hydrogens is 214 g/mol. The highest BCUT2D eigenvalue weighted by Crippen LogP contribution is 2.33. The summed E-state index contributed by atoms with van der Waals surface area (Å²) in [5, 5.41) is -0.991. The summed E-state index contributed by atoms with van der Waals surface area (Å²) in [6, 6.07) is 0.288. The van der Waals surface area contributed by atoms with E-state index in [0.29, 0.717) is 13.0 Å². The van der Waals surface area contributed by atoms with Crippen LogP contribution in [0.15, 0.2) is 0 Å². The monoisotopic (exact) mass is 223 g/mol. The fraction of sp³-hybridized carbons (Fsp3) is 0.857. The summed E-state index contributed by atoms with van der Waals surface area (Å²) in [5.41, 5.74) is 0. The van der Waals surface area contributed by atoms with Crippen LogP contribution in [0.3, 0.4) is 0 Å². The first-order chi connectivity index (χ1) is 6.00. The molecule has 6 heteroatoms. The van der Waals surface area contributed by atoms with E-state index in [1.807, 2.05) is 0 Å². The van der Waals surface area contributed by atoms with Crippen molar-refractivity contribution in [3.63, 3.8) is 0 Å². The summed E-state index contributed by atoms with van der Waals surface area (Å²) in [6.07, 6.45) is 2.35. The Morgan fingerprint density at radius 1 is 1.31 bits per heavy atom. The lowest BCUT2D eigenvalue weighted by Crippen LogP contribution is -2.33. The number of carbonyl (C=O) groups excluding carboxylic acids is 1. The number of halogens is 1. The van der Waals surface area contributed by atoms with Gasteiger partial charge in [-0.25, -0.2) is 8.42 Å². The molecule has 1 saturated heterocycles. The quantitative estimate of drug-likeness (QED) is 0.634. The normalized spacial score (nSPS) is 29.8. The van der Waals surface area contributed by atoms with Gasteiger partial charge in [-0.15, -0.1) is 0 Å². The van der Waals surface area contributed by atoms with E-state index in [9.17, 15) is 13.2 Å². The molecule has 0 spiro atoms. The van der Waals surface area contributed by atoms with Gasteiger partial charge in [0.05, 0.1) is 0 Å². The zero-order valence-electron chi connectivity index (χ0n) is 6.94. The molecule has 2 aliphatic rings. The average Bonchev–Trinajstić information content (AvgIpc) is 2.73. The molecule has 4 nitrogen and oxygen atoms in total. The Morgan fingerprint density at radius 2 is 1.92 bits per heavy atom. The van der Waals surface area contributed by atoms with Crippen LogP contribution in [0.4, 0.5) is 0 Å². The third kappa shape index (κ3) is 1.67. The predicted octanol–water partition coefficient (Wildman–Crippen LogP) is 0.318. The van der Waals surface area contributed by atoms with Gasteiger partial charge < -0.3 is 4.90 Å². The van der Waals surface area contributed by atoms with Gasteiger partial charge in [-0.3, -0.25) is 4.79 Å². The minimum Gasteiger partial charge on any atom is -0.338 e. The second kappa shape index (κ2) is 2.85. The second-order valence-electron chi connectivity index (χ2n) is 3.52. The molecule has 1 aliphatic heterocycles. The third-order valence-corrected chi connectivity index (χ3v) is 4.28. The fourth-order valence-corrected chi connectivity index (χ4v) is 2.94. The molecule has 13 heavy (non-hydrogen) atoms. The Hall–Kier alpha value is -0.290. The standard InChI is InChI=1S/C7H10ClNO3S/c8-13(11,12)6-3-4-9(7(6)10)5-1-2-5/h5-6H,1-4H2. The first kappa shape index (κ1) is 9.27. The van der Waals surface area contributed by atoms with Gasteiger partial charge >= 0.3 is 0 Å². The minimum atomic E-state index is -3.71. The molecule has 0 radical (unpaired) electrons. The van der Waals surface area contributed by atoms with E-state index in [0.717, 1.165) is 12.8 Å². The van der Waals surface area contributed by atoms with Gasteiger partial charge in [-0.2, -0.15) is 0 Å². The number of rotatable bonds is 2. The molecule has 0 bridgehead atoms. The molecule has 74 valence electrons. The van der Waals surface area contributed by atoms with Crippen molar-refractivity contribution in [2.45, 2.75) is 30.6 Å². The van der Waals surface area contributed by atoms with E-state index in [1.54, 1.807) is 4.90 Å². The lowest BCUT2D eigenvalue weighted by molar-refractivity contribution is -0.127. The molecule has 0 aromatic heterocycles. The molecule has 1 amide bonds. The van der Waals surface area contributed by atoms with Crippen molar-refractivity contribution in [3.8, 4) is 0 Å². The maximum absolute atomic E-state index is 11.5. The summed E-state index contributed by atoms with van der Waals surface area (Å²) in [7, 11) is 1.44. The summed E-state index contributed by atoms with van der Waals surface area (Å²) in [5.74, 6) is -0.308. The molecular formula is C7H10ClNO3S. The Morgan fingerprint density at radius 3 is 2.31 bits per heavy atom. The number of hydrogen-bond acceptors (Lipinski definition) is 3. The van der Waals surface area contributed by atoms with Gasteiger partial charge in [-0.1, -0.05) is 0 Å². The summed E-state index contributed by atoms with van der Waals surface area (Å²) in [4.78, 5) is 13.1. The van der Waals surface area contributed by atoms with Crippen LogP contribution in [0.1, 0.15) is 19.3 Å². The van der Waals surface area contributed by atoms with Crippen LogP contribution in [0.25, 0.3) is 0 Å². The molecule has 0 aromatic carbocycles. The number of carbonyl (C=O) groups is 1. The van der Waals surface area contributed by atoms with Crippen molar-refractivity contribution >= 4 is 25.6 Å².